The molecule has 0 saturated carbocycles. The molecule has 1 atom stereocenters. The first-order chi connectivity index (χ1) is 7.16. The summed E-state index contributed by atoms with van der Waals surface area (Å²) >= 11 is 0. The highest BCUT2D eigenvalue weighted by molar-refractivity contribution is 5.69. The van der Waals surface area contributed by atoms with Crippen LogP contribution in [0.3, 0.4) is 0 Å². The lowest BCUT2D eigenvalue weighted by atomic mass is 9.95. The zero-order valence-electron chi connectivity index (χ0n) is 8.81. The van der Waals surface area contributed by atoms with Crippen LogP contribution in [0.25, 0.3) is 0 Å². The predicted octanol–water partition coefficient (Wildman–Crippen LogP) is 1.52. The van der Waals surface area contributed by atoms with E-state index < -0.39 is 5.97 Å². The van der Waals surface area contributed by atoms with Gasteiger partial charge in [0.05, 0.1) is 6.54 Å². The van der Waals surface area contributed by atoms with Gasteiger partial charge in [-0.05, 0) is 24.5 Å². The minimum absolute atomic E-state index is 0.134. The fourth-order valence-electron chi connectivity index (χ4n) is 2.12. The first-order valence-electron chi connectivity index (χ1n) is 5.19. The van der Waals surface area contributed by atoms with Gasteiger partial charge >= 0.3 is 5.97 Å². The van der Waals surface area contributed by atoms with Gasteiger partial charge in [-0.2, -0.15) is 0 Å². The normalized spacial score (nSPS) is 21.0. The van der Waals surface area contributed by atoms with Gasteiger partial charge in [0.25, 0.3) is 0 Å². The summed E-state index contributed by atoms with van der Waals surface area (Å²) in [5.41, 5.74) is 2.61. The van der Waals surface area contributed by atoms with Crippen LogP contribution in [-0.4, -0.2) is 28.6 Å². The van der Waals surface area contributed by atoms with Crippen LogP contribution in [-0.2, 0) is 17.8 Å². The number of fused-ring (bicyclic) bond motifs is 1. The molecule has 0 unspecified atom stereocenters. The molecule has 0 amide bonds. The van der Waals surface area contributed by atoms with Crippen LogP contribution in [0.2, 0.25) is 0 Å². The number of carboxylic acids is 1. The molecule has 2 rings (SSSR count). The maximum Gasteiger partial charge on any atom is 0.317 e. The van der Waals surface area contributed by atoms with Crippen LogP contribution < -0.4 is 0 Å². The lowest BCUT2D eigenvalue weighted by Gasteiger charge is -2.33. The van der Waals surface area contributed by atoms with E-state index in [0.717, 1.165) is 13.0 Å². The molecule has 0 bridgehead atoms. The Morgan fingerprint density at radius 1 is 1.47 bits per heavy atom. The molecule has 15 heavy (non-hydrogen) atoms. The average Bonchev–Trinajstić information content (AvgIpc) is 2.18. The van der Waals surface area contributed by atoms with Crippen LogP contribution in [0.1, 0.15) is 18.1 Å². The molecular formula is C12H15NO2. The second-order valence-corrected chi connectivity index (χ2v) is 4.12. The Balaban J connectivity index is 2.18. The molecule has 3 heteroatoms. The molecule has 1 N–H and O–H groups in total. The zero-order valence-corrected chi connectivity index (χ0v) is 8.81. The fraction of sp³-hybridized carbons (Fsp3) is 0.417. The van der Waals surface area contributed by atoms with Crippen molar-refractivity contribution < 1.29 is 9.90 Å². The third-order valence-corrected chi connectivity index (χ3v) is 2.97. The Kier molecular flexibility index (Phi) is 2.73. The van der Waals surface area contributed by atoms with E-state index in [1.807, 2.05) is 17.0 Å². The smallest absolute Gasteiger partial charge is 0.317 e. The number of hydrogen-bond donors (Lipinski definition) is 1. The summed E-state index contributed by atoms with van der Waals surface area (Å²) in [4.78, 5) is 12.7. The van der Waals surface area contributed by atoms with Crippen LogP contribution in [0, 0.1) is 0 Å². The van der Waals surface area contributed by atoms with Gasteiger partial charge in [-0.25, -0.2) is 0 Å². The predicted molar refractivity (Wildman–Crippen MR) is 57.7 cm³/mol. The summed E-state index contributed by atoms with van der Waals surface area (Å²) in [6.45, 7) is 2.97. The van der Waals surface area contributed by atoms with Crippen molar-refractivity contribution in [1.82, 2.24) is 4.90 Å². The summed E-state index contributed by atoms with van der Waals surface area (Å²) in [6, 6.07) is 8.57. The van der Waals surface area contributed by atoms with E-state index in [2.05, 4.69) is 19.1 Å². The van der Waals surface area contributed by atoms with Gasteiger partial charge in [-0.1, -0.05) is 24.3 Å². The van der Waals surface area contributed by atoms with Crippen LogP contribution >= 0.6 is 0 Å². The third-order valence-electron chi connectivity index (χ3n) is 2.97. The molecular weight excluding hydrogens is 190 g/mol. The van der Waals surface area contributed by atoms with Crippen molar-refractivity contribution in [2.75, 3.05) is 6.54 Å². The largest absolute Gasteiger partial charge is 0.480 e. The van der Waals surface area contributed by atoms with Gasteiger partial charge in [0.2, 0.25) is 0 Å². The molecule has 0 fully saturated rings. The van der Waals surface area contributed by atoms with Gasteiger partial charge < -0.3 is 5.11 Å². The van der Waals surface area contributed by atoms with E-state index in [4.69, 9.17) is 5.11 Å². The van der Waals surface area contributed by atoms with Crippen molar-refractivity contribution in [3.8, 4) is 0 Å². The number of nitrogens with zero attached hydrogens (tertiary/aromatic N) is 1. The molecule has 0 saturated heterocycles. The Labute approximate surface area is 89.3 Å². The van der Waals surface area contributed by atoms with Gasteiger partial charge in [-0.3, -0.25) is 9.69 Å². The maximum atomic E-state index is 10.7. The molecule has 1 aromatic carbocycles. The summed E-state index contributed by atoms with van der Waals surface area (Å²) in [5.74, 6) is -0.749. The monoisotopic (exact) mass is 205 g/mol. The number of benzene rings is 1. The first-order valence-corrected chi connectivity index (χ1v) is 5.19. The van der Waals surface area contributed by atoms with Gasteiger partial charge in [0.15, 0.2) is 0 Å². The topological polar surface area (TPSA) is 40.5 Å². The minimum atomic E-state index is -0.749. The van der Waals surface area contributed by atoms with Gasteiger partial charge in [-0.15, -0.1) is 0 Å². The lowest BCUT2D eigenvalue weighted by Crippen LogP contribution is -2.41. The Bertz CT molecular complexity index is 376. The summed E-state index contributed by atoms with van der Waals surface area (Å²) < 4.78 is 0. The Hall–Kier alpha value is -1.35. The van der Waals surface area contributed by atoms with E-state index >= 15 is 0 Å². The number of carbonyl (C=O) groups is 1. The highest BCUT2D eigenvalue weighted by Crippen LogP contribution is 2.22. The van der Waals surface area contributed by atoms with Crippen molar-refractivity contribution in [1.29, 1.82) is 0 Å². The van der Waals surface area contributed by atoms with Crippen molar-refractivity contribution in [2.45, 2.75) is 25.9 Å². The third kappa shape index (κ3) is 2.18. The fourth-order valence-corrected chi connectivity index (χ4v) is 2.12. The lowest BCUT2D eigenvalue weighted by molar-refractivity contribution is -0.139. The molecule has 1 aromatic rings. The first kappa shape index (κ1) is 10.2. The standard InChI is InChI=1S/C12H15NO2/c1-9-6-10-4-2-3-5-11(10)7-13(9)8-12(14)15/h2-5,9H,6-8H2,1H3,(H,14,15)/t9-/m0/s1. The number of aliphatic carboxylic acids is 1. The van der Waals surface area contributed by atoms with Crippen LogP contribution in [0.4, 0.5) is 0 Å². The van der Waals surface area contributed by atoms with Crippen molar-refractivity contribution in [2.24, 2.45) is 0 Å². The molecule has 80 valence electrons. The number of hydrogen-bond acceptors (Lipinski definition) is 2. The van der Waals surface area contributed by atoms with Gasteiger partial charge in [0, 0.05) is 12.6 Å². The molecule has 1 aliphatic rings. The number of rotatable bonds is 2. The van der Waals surface area contributed by atoms with Gasteiger partial charge in [0.1, 0.15) is 0 Å². The van der Waals surface area contributed by atoms with Crippen molar-refractivity contribution >= 4 is 5.97 Å². The second kappa shape index (κ2) is 4.03. The summed E-state index contributed by atoms with van der Waals surface area (Å²) in [6.07, 6.45) is 0.948. The Morgan fingerprint density at radius 3 is 2.80 bits per heavy atom. The molecule has 1 aliphatic heterocycles. The summed E-state index contributed by atoms with van der Waals surface area (Å²) in [5, 5.41) is 8.79. The van der Waals surface area contributed by atoms with Crippen molar-refractivity contribution in [3.05, 3.63) is 35.4 Å². The van der Waals surface area contributed by atoms with E-state index in [1.54, 1.807) is 0 Å². The second-order valence-electron chi connectivity index (χ2n) is 4.12. The Morgan fingerprint density at radius 2 is 2.13 bits per heavy atom. The van der Waals surface area contributed by atoms with Crippen LogP contribution in [0.15, 0.2) is 24.3 Å². The number of carboxylic acid groups (broad SMARTS) is 1. The quantitative estimate of drug-likeness (QED) is 0.795. The zero-order chi connectivity index (χ0) is 10.8. The maximum absolute atomic E-state index is 10.7. The van der Waals surface area contributed by atoms with E-state index in [1.165, 1.54) is 11.1 Å². The SMILES string of the molecule is C[C@H]1Cc2ccccc2CN1CC(=O)O. The van der Waals surface area contributed by atoms with Crippen molar-refractivity contribution in [3.63, 3.8) is 0 Å². The minimum Gasteiger partial charge on any atom is -0.480 e. The average molecular weight is 205 g/mol. The highest BCUT2D eigenvalue weighted by atomic mass is 16.4. The molecule has 0 aromatic heterocycles. The molecule has 0 radical (unpaired) electrons. The molecule has 0 spiro atoms. The molecule has 1 heterocycles. The van der Waals surface area contributed by atoms with E-state index in [0.29, 0.717) is 6.04 Å². The van der Waals surface area contributed by atoms with Crippen LogP contribution in [0.5, 0.6) is 0 Å². The highest BCUT2D eigenvalue weighted by Gasteiger charge is 2.23. The molecule has 3 nitrogen and oxygen atoms in total. The van der Waals surface area contributed by atoms with E-state index in [9.17, 15) is 4.79 Å². The molecule has 0 aliphatic carbocycles. The van der Waals surface area contributed by atoms with E-state index in [-0.39, 0.29) is 6.54 Å². The summed E-state index contributed by atoms with van der Waals surface area (Å²) in [7, 11) is 0.